The van der Waals surface area contributed by atoms with E-state index in [2.05, 4.69) is 4.98 Å². The van der Waals surface area contributed by atoms with E-state index < -0.39 is 12.0 Å². The molecule has 148 valence electrons. The Hall–Kier alpha value is -3.19. The number of esters is 1. The van der Waals surface area contributed by atoms with Crippen LogP contribution in [0.3, 0.4) is 0 Å². The summed E-state index contributed by atoms with van der Waals surface area (Å²) in [6, 6.07) is 14.4. The van der Waals surface area contributed by atoms with Gasteiger partial charge in [-0.25, -0.2) is 9.78 Å². The van der Waals surface area contributed by atoms with Gasteiger partial charge >= 0.3 is 5.97 Å². The molecular formula is C22H20N2O4S. The molecule has 0 aliphatic carbocycles. The smallest absolute Gasteiger partial charge is 0.329 e. The molecule has 1 aliphatic heterocycles. The summed E-state index contributed by atoms with van der Waals surface area (Å²) in [5.74, 6) is 0.0500. The summed E-state index contributed by atoms with van der Waals surface area (Å²) >= 11 is 1.39. The van der Waals surface area contributed by atoms with Crippen molar-refractivity contribution in [3.8, 4) is 16.3 Å². The molecular weight excluding hydrogens is 388 g/mol. The van der Waals surface area contributed by atoms with Gasteiger partial charge in [0.2, 0.25) is 0 Å². The van der Waals surface area contributed by atoms with Crippen molar-refractivity contribution < 1.29 is 19.1 Å². The molecule has 0 saturated carbocycles. The number of fused-ring (bicyclic) bond motifs is 1. The minimum atomic E-state index is -0.680. The molecule has 0 spiro atoms. The number of hydrogen-bond acceptors (Lipinski definition) is 6. The fraction of sp³-hybridized carbons (Fsp3) is 0.227. The summed E-state index contributed by atoms with van der Waals surface area (Å²) in [7, 11) is 1.33. The molecule has 29 heavy (non-hydrogen) atoms. The predicted molar refractivity (Wildman–Crippen MR) is 111 cm³/mol. The molecule has 2 heterocycles. The average Bonchev–Trinajstić information content (AvgIpc) is 3.39. The number of hydrogen-bond donors (Lipinski definition) is 0. The summed E-state index contributed by atoms with van der Waals surface area (Å²) in [5, 5.41) is 2.46. The van der Waals surface area contributed by atoms with Crippen LogP contribution >= 0.6 is 11.3 Å². The highest BCUT2D eigenvalue weighted by Crippen LogP contribution is 2.34. The van der Waals surface area contributed by atoms with Gasteiger partial charge in [-0.15, -0.1) is 11.3 Å². The first-order valence-electron chi connectivity index (χ1n) is 9.30. The third-order valence-corrected chi connectivity index (χ3v) is 5.70. The minimum Gasteiger partial charge on any atom is -0.494 e. The molecule has 1 aliphatic rings. The standard InChI is InChI=1S/C22H20N2O4S/c1-3-28-16-10-8-14(9-11-16)20-23-17(13-29-20)21(25)24-18-7-5-4-6-15(18)12-19(24)22(26)27-2/h4-11,13,19H,3,12H2,1-2H3. The number of methoxy groups -OCH3 is 1. The molecule has 1 unspecified atom stereocenters. The Morgan fingerprint density at radius 2 is 1.93 bits per heavy atom. The van der Waals surface area contributed by atoms with Crippen LogP contribution in [0.5, 0.6) is 5.75 Å². The van der Waals surface area contributed by atoms with Crippen molar-refractivity contribution in [2.75, 3.05) is 18.6 Å². The van der Waals surface area contributed by atoms with Gasteiger partial charge in [0.1, 0.15) is 22.5 Å². The number of carbonyl (C=O) groups is 2. The van der Waals surface area contributed by atoms with Crippen LogP contribution in [-0.2, 0) is 16.0 Å². The van der Waals surface area contributed by atoms with Crippen LogP contribution in [0.1, 0.15) is 23.0 Å². The van der Waals surface area contributed by atoms with Gasteiger partial charge in [0.25, 0.3) is 5.91 Å². The number of para-hydroxylation sites is 1. The molecule has 0 saturated heterocycles. The van der Waals surface area contributed by atoms with E-state index in [0.29, 0.717) is 18.7 Å². The minimum absolute atomic E-state index is 0.307. The van der Waals surface area contributed by atoms with E-state index in [-0.39, 0.29) is 5.91 Å². The van der Waals surface area contributed by atoms with Crippen molar-refractivity contribution in [3.63, 3.8) is 0 Å². The number of thiazole rings is 1. The predicted octanol–water partition coefficient (Wildman–Crippen LogP) is 3.95. The molecule has 6 nitrogen and oxygen atoms in total. The van der Waals surface area contributed by atoms with Gasteiger partial charge in [0, 0.05) is 23.1 Å². The van der Waals surface area contributed by atoms with Gasteiger partial charge in [0.05, 0.1) is 13.7 Å². The lowest BCUT2D eigenvalue weighted by molar-refractivity contribution is -0.141. The Kier molecular flexibility index (Phi) is 5.31. The fourth-order valence-corrected chi connectivity index (χ4v) is 4.25. The zero-order valence-electron chi connectivity index (χ0n) is 16.1. The molecule has 1 atom stereocenters. The Morgan fingerprint density at radius 3 is 2.66 bits per heavy atom. The van der Waals surface area contributed by atoms with Gasteiger partial charge in [0.15, 0.2) is 0 Å². The Bertz CT molecular complexity index is 1040. The lowest BCUT2D eigenvalue weighted by atomic mass is 10.1. The van der Waals surface area contributed by atoms with E-state index in [1.807, 2.05) is 55.5 Å². The Morgan fingerprint density at radius 1 is 1.17 bits per heavy atom. The van der Waals surface area contributed by atoms with E-state index in [1.165, 1.54) is 23.3 Å². The van der Waals surface area contributed by atoms with Gasteiger partial charge in [-0.05, 0) is 42.8 Å². The third kappa shape index (κ3) is 3.61. The second-order valence-corrected chi connectivity index (χ2v) is 7.40. The zero-order valence-corrected chi connectivity index (χ0v) is 16.9. The quantitative estimate of drug-likeness (QED) is 0.598. The van der Waals surface area contributed by atoms with Gasteiger partial charge in [-0.2, -0.15) is 0 Å². The number of amides is 1. The van der Waals surface area contributed by atoms with Crippen LogP contribution in [-0.4, -0.2) is 36.6 Å². The first kappa shape index (κ1) is 19.1. The van der Waals surface area contributed by atoms with Crippen LogP contribution in [0.2, 0.25) is 0 Å². The molecule has 0 N–H and O–H groups in total. The number of ether oxygens (including phenoxy) is 2. The van der Waals surface area contributed by atoms with Crippen LogP contribution in [0, 0.1) is 0 Å². The van der Waals surface area contributed by atoms with Crippen molar-refractivity contribution >= 4 is 28.9 Å². The average molecular weight is 408 g/mol. The maximum absolute atomic E-state index is 13.3. The summed E-state index contributed by atoms with van der Waals surface area (Å²) < 4.78 is 10.4. The molecule has 7 heteroatoms. The van der Waals surface area contributed by atoms with E-state index in [9.17, 15) is 9.59 Å². The first-order chi connectivity index (χ1) is 14.1. The van der Waals surface area contributed by atoms with Gasteiger partial charge < -0.3 is 9.47 Å². The Labute approximate surface area is 172 Å². The van der Waals surface area contributed by atoms with E-state index in [0.717, 1.165) is 27.6 Å². The molecule has 0 bridgehead atoms. The van der Waals surface area contributed by atoms with Gasteiger partial charge in [-0.3, -0.25) is 9.69 Å². The molecule has 1 aromatic heterocycles. The number of benzene rings is 2. The fourth-order valence-electron chi connectivity index (χ4n) is 3.45. The van der Waals surface area contributed by atoms with Gasteiger partial charge in [-0.1, -0.05) is 18.2 Å². The maximum Gasteiger partial charge on any atom is 0.329 e. The van der Waals surface area contributed by atoms with Crippen molar-refractivity contribution in [3.05, 3.63) is 65.2 Å². The van der Waals surface area contributed by atoms with Crippen LogP contribution in [0.15, 0.2) is 53.9 Å². The molecule has 2 aromatic carbocycles. The van der Waals surface area contributed by atoms with Crippen molar-refractivity contribution in [2.24, 2.45) is 0 Å². The van der Waals surface area contributed by atoms with E-state index in [4.69, 9.17) is 9.47 Å². The zero-order chi connectivity index (χ0) is 20.4. The lowest BCUT2D eigenvalue weighted by Gasteiger charge is -2.22. The monoisotopic (exact) mass is 408 g/mol. The maximum atomic E-state index is 13.3. The van der Waals surface area contributed by atoms with E-state index in [1.54, 1.807) is 5.38 Å². The highest BCUT2D eigenvalue weighted by molar-refractivity contribution is 7.13. The summed E-state index contributed by atoms with van der Waals surface area (Å²) in [4.78, 5) is 31.6. The first-order valence-corrected chi connectivity index (χ1v) is 10.2. The summed E-state index contributed by atoms with van der Waals surface area (Å²) in [6.07, 6.45) is 0.435. The SMILES string of the molecule is CCOc1ccc(-c2nc(C(=O)N3c4ccccc4CC3C(=O)OC)cs2)cc1. The van der Waals surface area contributed by atoms with Crippen molar-refractivity contribution in [1.29, 1.82) is 0 Å². The second kappa shape index (κ2) is 8.05. The van der Waals surface area contributed by atoms with Crippen LogP contribution < -0.4 is 9.64 Å². The second-order valence-electron chi connectivity index (χ2n) is 6.54. The van der Waals surface area contributed by atoms with Crippen LogP contribution in [0.4, 0.5) is 5.69 Å². The normalized spacial score (nSPS) is 15.1. The molecule has 0 fully saturated rings. The van der Waals surface area contributed by atoms with Crippen LogP contribution in [0.25, 0.3) is 10.6 Å². The lowest BCUT2D eigenvalue weighted by Crippen LogP contribution is -2.43. The number of anilines is 1. The van der Waals surface area contributed by atoms with Crippen molar-refractivity contribution in [2.45, 2.75) is 19.4 Å². The highest BCUT2D eigenvalue weighted by Gasteiger charge is 2.40. The van der Waals surface area contributed by atoms with Crippen molar-refractivity contribution in [1.82, 2.24) is 4.98 Å². The Balaban J connectivity index is 1.63. The highest BCUT2D eigenvalue weighted by atomic mass is 32.1. The number of nitrogens with zero attached hydrogens (tertiary/aromatic N) is 2. The topological polar surface area (TPSA) is 68.7 Å². The third-order valence-electron chi connectivity index (χ3n) is 4.80. The molecule has 0 radical (unpaired) electrons. The summed E-state index contributed by atoms with van der Waals surface area (Å²) in [5.41, 5.74) is 2.88. The molecule has 4 rings (SSSR count). The number of rotatable bonds is 5. The van der Waals surface area contributed by atoms with E-state index >= 15 is 0 Å². The largest absolute Gasteiger partial charge is 0.494 e. The molecule has 1 amide bonds. The summed E-state index contributed by atoms with van der Waals surface area (Å²) in [6.45, 7) is 2.54. The molecule has 3 aromatic rings. The number of carbonyl (C=O) groups excluding carboxylic acids is 2. The number of aromatic nitrogens is 1.